The molecule has 1 N–H and O–H groups in total. The van der Waals surface area contributed by atoms with Crippen molar-refractivity contribution in [2.45, 2.75) is 13.5 Å². The Bertz CT molecular complexity index is 375. The largest absolute Gasteiger partial charge is 0.504 e. The predicted molar refractivity (Wildman–Crippen MR) is 62.1 cm³/mol. The molecule has 0 fully saturated rings. The van der Waals surface area contributed by atoms with Gasteiger partial charge >= 0.3 is 0 Å². The molecule has 0 saturated heterocycles. The summed E-state index contributed by atoms with van der Waals surface area (Å²) in [7, 11) is 3.79. The van der Waals surface area contributed by atoms with E-state index in [2.05, 4.69) is 0 Å². The van der Waals surface area contributed by atoms with Gasteiger partial charge in [-0.3, -0.25) is 4.79 Å². The van der Waals surface area contributed by atoms with Crippen molar-refractivity contribution in [3.63, 3.8) is 0 Å². The lowest BCUT2D eigenvalue weighted by Crippen LogP contribution is -2.11. The Morgan fingerprint density at radius 2 is 2.12 bits per heavy atom. The number of hydrogen-bond donors (Lipinski definition) is 1. The van der Waals surface area contributed by atoms with Crippen LogP contribution >= 0.6 is 0 Å². The maximum Gasteiger partial charge on any atom is 0.162 e. The van der Waals surface area contributed by atoms with Crippen molar-refractivity contribution in [3.05, 3.63) is 23.3 Å². The Kier molecular flexibility index (Phi) is 4.31. The number of carbonyl (C=O) groups excluding carboxylic acids is 1. The Balaban J connectivity index is 3.14. The fourth-order valence-electron chi connectivity index (χ4n) is 1.48. The van der Waals surface area contributed by atoms with E-state index in [4.69, 9.17) is 4.74 Å². The molecular weight excluding hydrogens is 206 g/mol. The van der Waals surface area contributed by atoms with Crippen LogP contribution in [0.1, 0.15) is 22.8 Å². The van der Waals surface area contributed by atoms with Crippen molar-refractivity contribution in [2.24, 2.45) is 0 Å². The summed E-state index contributed by atoms with van der Waals surface area (Å²) >= 11 is 0. The lowest BCUT2D eigenvalue weighted by Gasteiger charge is -2.14. The zero-order valence-corrected chi connectivity index (χ0v) is 9.86. The number of aromatic hydroxyl groups is 1. The van der Waals surface area contributed by atoms with Crippen LogP contribution in [0.3, 0.4) is 0 Å². The van der Waals surface area contributed by atoms with E-state index in [1.807, 2.05) is 25.9 Å². The normalized spacial score (nSPS) is 10.5. The molecule has 88 valence electrons. The van der Waals surface area contributed by atoms with Gasteiger partial charge in [0.2, 0.25) is 0 Å². The molecule has 0 atom stereocenters. The maximum atomic E-state index is 10.8. The topological polar surface area (TPSA) is 49.8 Å². The van der Waals surface area contributed by atoms with Gasteiger partial charge in [-0.1, -0.05) is 0 Å². The van der Waals surface area contributed by atoms with Crippen molar-refractivity contribution in [1.29, 1.82) is 0 Å². The van der Waals surface area contributed by atoms with Crippen LogP contribution in [0.5, 0.6) is 11.5 Å². The number of ether oxygens (including phenoxy) is 1. The first-order valence-corrected chi connectivity index (χ1v) is 5.17. The third-order valence-corrected chi connectivity index (χ3v) is 2.10. The molecule has 1 aromatic rings. The van der Waals surface area contributed by atoms with E-state index in [1.54, 1.807) is 12.1 Å². The standard InChI is InChI=1S/C12H17NO3/c1-4-16-11-6-9(8-14)5-10(12(11)15)7-13(2)3/h5-6,8,15H,4,7H2,1-3H3. The number of hydrogen-bond acceptors (Lipinski definition) is 4. The summed E-state index contributed by atoms with van der Waals surface area (Å²) in [4.78, 5) is 12.7. The van der Waals surface area contributed by atoms with E-state index in [0.717, 1.165) is 6.29 Å². The van der Waals surface area contributed by atoms with E-state index in [9.17, 15) is 9.90 Å². The molecule has 0 unspecified atom stereocenters. The highest BCUT2D eigenvalue weighted by Crippen LogP contribution is 2.31. The fraction of sp³-hybridized carbons (Fsp3) is 0.417. The van der Waals surface area contributed by atoms with Crippen molar-refractivity contribution < 1.29 is 14.6 Å². The average Bonchev–Trinajstić information content (AvgIpc) is 2.23. The molecule has 0 aromatic heterocycles. The number of phenols is 1. The van der Waals surface area contributed by atoms with E-state index in [-0.39, 0.29) is 5.75 Å². The van der Waals surface area contributed by atoms with Gasteiger partial charge in [0.05, 0.1) is 6.61 Å². The van der Waals surface area contributed by atoms with Crippen LogP contribution in [0.4, 0.5) is 0 Å². The summed E-state index contributed by atoms with van der Waals surface area (Å²) in [5.74, 6) is 0.477. The van der Waals surface area contributed by atoms with Crippen LogP contribution in [0.2, 0.25) is 0 Å². The van der Waals surface area contributed by atoms with Gasteiger partial charge in [-0.2, -0.15) is 0 Å². The zero-order valence-electron chi connectivity index (χ0n) is 9.86. The van der Waals surface area contributed by atoms with Crippen LogP contribution in [0.15, 0.2) is 12.1 Å². The molecule has 16 heavy (non-hydrogen) atoms. The van der Waals surface area contributed by atoms with Gasteiger partial charge in [-0.15, -0.1) is 0 Å². The SMILES string of the molecule is CCOc1cc(C=O)cc(CN(C)C)c1O. The first-order chi connectivity index (χ1) is 7.58. The molecule has 0 aliphatic heterocycles. The summed E-state index contributed by atoms with van der Waals surface area (Å²) in [6, 6.07) is 3.22. The molecular formula is C12H17NO3. The summed E-state index contributed by atoms with van der Waals surface area (Å²) in [5.41, 5.74) is 1.20. The second kappa shape index (κ2) is 5.51. The minimum Gasteiger partial charge on any atom is -0.504 e. The highest BCUT2D eigenvalue weighted by Gasteiger charge is 2.11. The minimum atomic E-state index is 0.112. The average molecular weight is 223 g/mol. The van der Waals surface area contributed by atoms with Gasteiger partial charge in [0.1, 0.15) is 6.29 Å². The number of phenolic OH excluding ortho intramolecular Hbond substituents is 1. The van der Waals surface area contributed by atoms with Crippen LogP contribution in [-0.4, -0.2) is 37.0 Å². The molecule has 4 heteroatoms. The smallest absolute Gasteiger partial charge is 0.162 e. The maximum absolute atomic E-state index is 10.8. The molecule has 0 radical (unpaired) electrons. The summed E-state index contributed by atoms with van der Waals surface area (Å²) in [6.45, 7) is 2.85. The van der Waals surface area contributed by atoms with E-state index in [0.29, 0.717) is 30.0 Å². The van der Waals surface area contributed by atoms with Crippen LogP contribution in [0.25, 0.3) is 0 Å². The number of rotatable bonds is 5. The van der Waals surface area contributed by atoms with Gasteiger partial charge in [0.25, 0.3) is 0 Å². The molecule has 0 aliphatic rings. The van der Waals surface area contributed by atoms with Crippen molar-refractivity contribution in [2.75, 3.05) is 20.7 Å². The monoisotopic (exact) mass is 223 g/mol. The molecule has 1 rings (SSSR count). The molecule has 4 nitrogen and oxygen atoms in total. The van der Waals surface area contributed by atoms with Gasteiger partial charge in [0.15, 0.2) is 11.5 Å². The van der Waals surface area contributed by atoms with Gasteiger partial charge in [0, 0.05) is 17.7 Å². The molecule has 0 bridgehead atoms. The van der Waals surface area contributed by atoms with Gasteiger partial charge < -0.3 is 14.7 Å². The number of carbonyl (C=O) groups is 1. The fourth-order valence-corrected chi connectivity index (χ4v) is 1.48. The molecule has 1 aromatic carbocycles. The van der Waals surface area contributed by atoms with Crippen LogP contribution < -0.4 is 4.74 Å². The summed E-state index contributed by atoms with van der Waals surface area (Å²) < 4.78 is 5.27. The zero-order chi connectivity index (χ0) is 12.1. The summed E-state index contributed by atoms with van der Waals surface area (Å²) in [5, 5.41) is 9.92. The van der Waals surface area contributed by atoms with Crippen LogP contribution in [0, 0.1) is 0 Å². The van der Waals surface area contributed by atoms with Crippen LogP contribution in [-0.2, 0) is 6.54 Å². The molecule has 0 heterocycles. The van der Waals surface area contributed by atoms with Crippen molar-refractivity contribution >= 4 is 6.29 Å². The van der Waals surface area contributed by atoms with Crippen molar-refractivity contribution in [1.82, 2.24) is 4.90 Å². The molecule has 0 amide bonds. The molecule has 0 saturated carbocycles. The van der Waals surface area contributed by atoms with Crippen molar-refractivity contribution in [3.8, 4) is 11.5 Å². The second-order valence-corrected chi connectivity index (χ2v) is 3.82. The highest BCUT2D eigenvalue weighted by molar-refractivity contribution is 5.77. The third kappa shape index (κ3) is 2.97. The van der Waals surface area contributed by atoms with E-state index < -0.39 is 0 Å². The Morgan fingerprint density at radius 1 is 1.44 bits per heavy atom. The lowest BCUT2D eigenvalue weighted by molar-refractivity contribution is 0.112. The third-order valence-electron chi connectivity index (χ3n) is 2.10. The number of aldehydes is 1. The first-order valence-electron chi connectivity index (χ1n) is 5.17. The number of nitrogens with zero attached hydrogens (tertiary/aromatic N) is 1. The Labute approximate surface area is 95.5 Å². The minimum absolute atomic E-state index is 0.112. The second-order valence-electron chi connectivity index (χ2n) is 3.82. The first kappa shape index (κ1) is 12.5. The number of benzene rings is 1. The van der Waals surface area contributed by atoms with Gasteiger partial charge in [-0.05, 0) is 33.2 Å². The van der Waals surface area contributed by atoms with E-state index >= 15 is 0 Å². The Morgan fingerprint density at radius 3 is 2.62 bits per heavy atom. The quantitative estimate of drug-likeness (QED) is 0.771. The molecule has 0 spiro atoms. The van der Waals surface area contributed by atoms with Gasteiger partial charge in [-0.25, -0.2) is 0 Å². The van der Waals surface area contributed by atoms with E-state index in [1.165, 1.54) is 0 Å². The lowest BCUT2D eigenvalue weighted by atomic mass is 10.1. The molecule has 0 aliphatic carbocycles. The highest BCUT2D eigenvalue weighted by atomic mass is 16.5. The Hall–Kier alpha value is -1.55. The summed E-state index contributed by atoms with van der Waals surface area (Å²) in [6.07, 6.45) is 0.751. The predicted octanol–water partition coefficient (Wildman–Crippen LogP) is 1.67.